The Balaban J connectivity index is 1.57. The van der Waals surface area contributed by atoms with E-state index in [0.29, 0.717) is 13.0 Å². The third-order valence-electron chi connectivity index (χ3n) is 5.15. The standard InChI is InChI=1S/C23H23NO3S/c1-16-10-11-28-22(16)14-24(2)23(25)13-19(17-6-4-3-5-7-17)18-8-9-20-21(12-18)27-15-26-20/h3-12,19H,13-15H2,1-2H3/t19-/m1/s1. The van der Waals surface area contributed by atoms with E-state index in [-0.39, 0.29) is 18.6 Å². The fraction of sp³-hybridized carbons (Fsp3) is 0.261. The van der Waals surface area contributed by atoms with Crippen molar-refractivity contribution >= 4 is 17.2 Å². The molecular formula is C23H23NO3S. The van der Waals surface area contributed by atoms with Crippen molar-refractivity contribution in [3.63, 3.8) is 0 Å². The van der Waals surface area contributed by atoms with Crippen molar-refractivity contribution in [2.24, 2.45) is 0 Å². The molecule has 144 valence electrons. The van der Waals surface area contributed by atoms with Gasteiger partial charge in [0.1, 0.15) is 0 Å². The lowest BCUT2D eigenvalue weighted by Gasteiger charge is -2.22. The molecule has 1 aliphatic heterocycles. The highest BCUT2D eigenvalue weighted by Gasteiger charge is 2.23. The lowest BCUT2D eigenvalue weighted by atomic mass is 9.88. The maximum Gasteiger partial charge on any atom is 0.231 e. The molecule has 0 radical (unpaired) electrons. The van der Waals surface area contributed by atoms with Crippen molar-refractivity contribution < 1.29 is 14.3 Å². The van der Waals surface area contributed by atoms with Gasteiger partial charge in [0.15, 0.2) is 11.5 Å². The Hall–Kier alpha value is -2.79. The number of nitrogens with zero attached hydrogens (tertiary/aromatic N) is 1. The normalized spacial score (nSPS) is 13.4. The molecule has 0 N–H and O–H groups in total. The van der Waals surface area contributed by atoms with Gasteiger partial charge in [-0.2, -0.15) is 0 Å². The zero-order chi connectivity index (χ0) is 19.5. The molecule has 4 nitrogen and oxygen atoms in total. The largest absolute Gasteiger partial charge is 0.454 e. The number of aryl methyl sites for hydroxylation is 1. The van der Waals surface area contributed by atoms with Crippen LogP contribution in [0.4, 0.5) is 0 Å². The van der Waals surface area contributed by atoms with Crippen molar-refractivity contribution in [3.05, 3.63) is 81.5 Å². The summed E-state index contributed by atoms with van der Waals surface area (Å²) in [5.74, 6) is 1.59. The van der Waals surface area contributed by atoms with Gasteiger partial charge in [-0.05, 0) is 47.2 Å². The van der Waals surface area contributed by atoms with Crippen LogP contribution in [0, 0.1) is 6.92 Å². The minimum Gasteiger partial charge on any atom is -0.454 e. The summed E-state index contributed by atoms with van der Waals surface area (Å²) in [6, 6.07) is 18.2. The summed E-state index contributed by atoms with van der Waals surface area (Å²) in [4.78, 5) is 16.1. The van der Waals surface area contributed by atoms with Gasteiger partial charge < -0.3 is 14.4 Å². The first-order valence-corrected chi connectivity index (χ1v) is 10.2. The molecule has 4 rings (SSSR count). The number of rotatable bonds is 6. The van der Waals surface area contributed by atoms with Gasteiger partial charge in [0.2, 0.25) is 12.7 Å². The van der Waals surface area contributed by atoms with E-state index < -0.39 is 0 Å². The number of thiophene rings is 1. The Labute approximate surface area is 169 Å². The van der Waals surface area contributed by atoms with Crippen LogP contribution < -0.4 is 9.47 Å². The summed E-state index contributed by atoms with van der Waals surface area (Å²) < 4.78 is 11.0. The van der Waals surface area contributed by atoms with Crippen LogP contribution in [0.1, 0.15) is 33.9 Å². The van der Waals surface area contributed by atoms with E-state index in [0.717, 1.165) is 22.6 Å². The van der Waals surface area contributed by atoms with Crippen LogP contribution in [0.3, 0.4) is 0 Å². The fourth-order valence-electron chi connectivity index (χ4n) is 3.44. The number of fused-ring (bicyclic) bond motifs is 1. The molecule has 0 saturated heterocycles. The van der Waals surface area contributed by atoms with E-state index in [1.807, 2.05) is 48.3 Å². The average molecular weight is 394 g/mol. The summed E-state index contributed by atoms with van der Waals surface area (Å²) in [6.45, 7) is 2.98. The second-order valence-electron chi connectivity index (χ2n) is 7.06. The Morgan fingerprint density at radius 1 is 1.07 bits per heavy atom. The first-order valence-electron chi connectivity index (χ1n) is 9.33. The third-order valence-corrected chi connectivity index (χ3v) is 6.16. The number of amides is 1. The Morgan fingerprint density at radius 2 is 1.86 bits per heavy atom. The molecule has 28 heavy (non-hydrogen) atoms. The van der Waals surface area contributed by atoms with Crippen molar-refractivity contribution in [1.82, 2.24) is 4.90 Å². The molecule has 0 spiro atoms. The number of carbonyl (C=O) groups excluding carboxylic acids is 1. The highest BCUT2D eigenvalue weighted by Crippen LogP contribution is 2.37. The van der Waals surface area contributed by atoms with E-state index in [9.17, 15) is 4.79 Å². The molecule has 0 aliphatic carbocycles. The molecule has 2 aromatic carbocycles. The van der Waals surface area contributed by atoms with Crippen molar-refractivity contribution in [2.75, 3.05) is 13.8 Å². The van der Waals surface area contributed by atoms with Crippen molar-refractivity contribution in [3.8, 4) is 11.5 Å². The number of hydrogen-bond donors (Lipinski definition) is 0. The SMILES string of the molecule is Cc1ccsc1CN(C)C(=O)C[C@H](c1ccccc1)c1ccc2c(c1)OCO2. The lowest BCUT2D eigenvalue weighted by molar-refractivity contribution is -0.130. The van der Waals surface area contributed by atoms with Gasteiger partial charge in [-0.15, -0.1) is 11.3 Å². The van der Waals surface area contributed by atoms with E-state index in [4.69, 9.17) is 9.47 Å². The molecule has 2 heterocycles. The van der Waals surface area contributed by atoms with Crippen LogP contribution in [0.2, 0.25) is 0 Å². The molecule has 1 atom stereocenters. The van der Waals surface area contributed by atoms with Crippen LogP contribution in [-0.4, -0.2) is 24.6 Å². The Bertz CT molecular complexity index is 967. The third kappa shape index (κ3) is 3.90. The van der Waals surface area contributed by atoms with Crippen LogP contribution in [0.25, 0.3) is 0 Å². The summed E-state index contributed by atoms with van der Waals surface area (Å²) >= 11 is 1.70. The number of carbonyl (C=O) groups is 1. The minimum absolute atomic E-state index is 0.0323. The van der Waals surface area contributed by atoms with Gasteiger partial charge in [-0.1, -0.05) is 36.4 Å². The van der Waals surface area contributed by atoms with E-state index in [2.05, 4.69) is 30.5 Å². The first-order chi connectivity index (χ1) is 13.6. The molecule has 0 bridgehead atoms. The van der Waals surface area contributed by atoms with Crippen LogP contribution in [-0.2, 0) is 11.3 Å². The fourth-order valence-corrected chi connectivity index (χ4v) is 4.40. The number of hydrogen-bond acceptors (Lipinski definition) is 4. The van der Waals surface area contributed by atoms with Crippen LogP contribution >= 0.6 is 11.3 Å². The summed E-state index contributed by atoms with van der Waals surface area (Å²) in [7, 11) is 1.88. The Kier molecular flexibility index (Phi) is 5.35. The van der Waals surface area contributed by atoms with Crippen molar-refractivity contribution in [1.29, 1.82) is 0 Å². The molecule has 3 aromatic rings. The minimum atomic E-state index is -0.0323. The number of benzene rings is 2. The second-order valence-corrected chi connectivity index (χ2v) is 8.06. The molecule has 5 heteroatoms. The van der Waals surface area contributed by atoms with Gasteiger partial charge >= 0.3 is 0 Å². The maximum absolute atomic E-state index is 13.0. The van der Waals surface area contributed by atoms with Gasteiger partial charge in [-0.25, -0.2) is 0 Å². The molecule has 1 aromatic heterocycles. The average Bonchev–Trinajstić information content (AvgIpc) is 3.35. The second kappa shape index (κ2) is 8.07. The van der Waals surface area contributed by atoms with Crippen molar-refractivity contribution in [2.45, 2.75) is 25.8 Å². The predicted octanol–water partition coefficient (Wildman–Crippen LogP) is 4.97. The maximum atomic E-state index is 13.0. The summed E-state index contributed by atoms with van der Waals surface area (Å²) in [5.41, 5.74) is 3.42. The van der Waals surface area contributed by atoms with Gasteiger partial charge in [-0.3, -0.25) is 4.79 Å². The van der Waals surface area contributed by atoms with Crippen LogP contribution in [0.5, 0.6) is 11.5 Å². The monoisotopic (exact) mass is 393 g/mol. The summed E-state index contributed by atoms with van der Waals surface area (Å²) in [6.07, 6.45) is 0.407. The molecule has 0 unspecified atom stereocenters. The quantitative estimate of drug-likeness (QED) is 0.594. The van der Waals surface area contributed by atoms with Gasteiger partial charge in [0.05, 0.1) is 6.54 Å². The smallest absolute Gasteiger partial charge is 0.231 e. The predicted molar refractivity (Wildman–Crippen MR) is 111 cm³/mol. The molecule has 0 fully saturated rings. The Morgan fingerprint density at radius 3 is 2.61 bits per heavy atom. The zero-order valence-electron chi connectivity index (χ0n) is 16.1. The highest BCUT2D eigenvalue weighted by molar-refractivity contribution is 7.10. The van der Waals surface area contributed by atoms with E-state index in [1.165, 1.54) is 10.4 Å². The molecule has 1 amide bonds. The molecule has 0 saturated carbocycles. The van der Waals surface area contributed by atoms with Gasteiger partial charge in [0.25, 0.3) is 0 Å². The van der Waals surface area contributed by atoms with E-state index >= 15 is 0 Å². The first kappa shape index (κ1) is 18.6. The highest BCUT2D eigenvalue weighted by atomic mass is 32.1. The van der Waals surface area contributed by atoms with E-state index in [1.54, 1.807) is 11.3 Å². The van der Waals surface area contributed by atoms with Crippen LogP contribution in [0.15, 0.2) is 60.0 Å². The number of ether oxygens (including phenoxy) is 2. The molecule has 1 aliphatic rings. The summed E-state index contributed by atoms with van der Waals surface area (Å²) in [5, 5.41) is 2.07. The lowest BCUT2D eigenvalue weighted by Crippen LogP contribution is -2.27. The zero-order valence-corrected chi connectivity index (χ0v) is 16.9. The van der Waals surface area contributed by atoms with Gasteiger partial charge in [0, 0.05) is 24.3 Å². The topological polar surface area (TPSA) is 38.8 Å². The molecular weight excluding hydrogens is 370 g/mol.